The first-order valence-electron chi connectivity index (χ1n) is 4.93. The van der Waals surface area contributed by atoms with E-state index in [4.69, 9.17) is 4.74 Å². The molecule has 2 aromatic rings. The second-order valence-corrected chi connectivity index (χ2v) is 3.18. The highest BCUT2D eigenvalue weighted by Gasteiger charge is 2.18. The van der Waals surface area contributed by atoms with Crippen LogP contribution in [0, 0.1) is 6.92 Å². The molecular formula is C8H10N6O3. The summed E-state index contributed by atoms with van der Waals surface area (Å²) in [5, 5.41) is 18.0. The molecule has 0 amide bonds. The summed E-state index contributed by atoms with van der Waals surface area (Å²) < 4.78 is 10.6. The minimum absolute atomic E-state index is 0.0225. The van der Waals surface area contributed by atoms with Crippen molar-refractivity contribution in [2.45, 2.75) is 20.4 Å². The van der Waals surface area contributed by atoms with Crippen LogP contribution >= 0.6 is 0 Å². The standard InChI is InChI=1S/C8H10N6O3/c1-3-16-8(15)7-9-12-13-14(7)4-6-5(2)10-17-11-6/h3-4H2,1-2H3. The van der Waals surface area contributed by atoms with Gasteiger partial charge in [-0.1, -0.05) is 10.3 Å². The third-order valence-electron chi connectivity index (χ3n) is 2.04. The minimum atomic E-state index is -0.577. The lowest BCUT2D eigenvalue weighted by Crippen LogP contribution is -2.15. The first-order chi connectivity index (χ1) is 8.22. The molecule has 9 nitrogen and oxygen atoms in total. The average molecular weight is 238 g/mol. The van der Waals surface area contributed by atoms with Crippen molar-refractivity contribution in [2.75, 3.05) is 6.61 Å². The topological polar surface area (TPSA) is 109 Å². The molecule has 0 N–H and O–H groups in total. The molecule has 0 aliphatic rings. The van der Waals surface area contributed by atoms with E-state index >= 15 is 0 Å². The maximum absolute atomic E-state index is 11.5. The Morgan fingerprint density at radius 2 is 2.29 bits per heavy atom. The molecule has 0 aliphatic carbocycles. The third kappa shape index (κ3) is 2.27. The molecule has 0 spiro atoms. The van der Waals surface area contributed by atoms with E-state index in [2.05, 4.69) is 30.5 Å². The molecule has 2 heterocycles. The summed E-state index contributed by atoms with van der Waals surface area (Å²) in [6, 6.07) is 0. The molecule has 90 valence electrons. The van der Waals surface area contributed by atoms with Gasteiger partial charge in [0.2, 0.25) is 0 Å². The lowest BCUT2D eigenvalue weighted by molar-refractivity contribution is 0.0505. The van der Waals surface area contributed by atoms with Crippen molar-refractivity contribution in [1.29, 1.82) is 0 Å². The maximum atomic E-state index is 11.5. The number of aromatic nitrogens is 6. The molecule has 17 heavy (non-hydrogen) atoms. The van der Waals surface area contributed by atoms with Crippen LogP contribution < -0.4 is 0 Å². The van der Waals surface area contributed by atoms with Crippen LogP contribution in [0.5, 0.6) is 0 Å². The first-order valence-corrected chi connectivity index (χ1v) is 4.93. The van der Waals surface area contributed by atoms with Gasteiger partial charge in [0.25, 0.3) is 5.82 Å². The molecule has 0 atom stereocenters. The second-order valence-electron chi connectivity index (χ2n) is 3.18. The molecule has 0 saturated carbocycles. The summed E-state index contributed by atoms with van der Waals surface area (Å²) >= 11 is 0. The first kappa shape index (κ1) is 11.2. The highest BCUT2D eigenvalue weighted by Crippen LogP contribution is 2.04. The van der Waals surface area contributed by atoms with Gasteiger partial charge in [0.1, 0.15) is 11.4 Å². The fourth-order valence-corrected chi connectivity index (χ4v) is 1.19. The van der Waals surface area contributed by atoms with Gasteiger partial charge in [0.15, 0.2) is 0 Å². The molecule has 9 heteroatoms. The molecule has 2 rings (SSSR count). The van der Waals surface area contributed by atoms with Gasteiger partial charge in [-0.25, -0.2) is 14.1 Å². The van der Waals surface area contributed by atoms with Gasteiger partial charge < -0.3 is 4.74 Å². The molecular weight excluding hydrogens is 228 g/mol. The molecule has 0 saturated heterocycles. The number of esters is 1. The maximum Gasteiger partial charge on any atom is 0.378 e. The highest BCUT2D eigenvalue weighted by atomic mass is 16.6. The van der Waals surface area contributed by atoms with Gasteiger partial charge in [0, 0.05) is 0 Å². The van der Waals surface area contributed by atoms with Gasteiger partial charge in [-0.2, -0.15) is 0 Å². The zero-order chi connectivity index (χ0) is 12.3. The third-order valence-corrected chi connectivity index (χ3v) is 2.04. The van der Waals surface area contributed by atoms with Crippen molar-refractivity contribution >= 4 is 5.97 Å². The van der Waals surface area contributed by atoms with Crippen LogP contribution in [0.3, 0.4) is 0 Å². The summed E-state index contributed by atoms with van der Waals surface area (Å²) in [5.74, 6) is -0.555. The molecule has 0 fully saturated rings. The van der Waals surface area contributed by atoms with Gasteiger partial charge in [-0.05, 0) is 24.3 Å². The SMILES string of the molecule is CCOC(=O)c1nnnn1Cc1nonc1C. The highest BCUT2D eigenvalue weighted by molar-refractivity contribution is 5.85. The smallest absolute Gasteiger partial charge is 0.378 e. The zero-order valence-corrected chi connectivity index (χ0v) is 9.32. The van der Waals surface area contributed by atoms with E-state index in [1.165, 1.54) is 4.68 Å². The van der Waals surface area contributed by atoms with Crippen molar-refractivity contribution < 1.29 is 14.2 Å². The number of hydrogen-bond acceptors (Lipinski definition) is 8. The van der Waals surface area contributed by atoms with Crippen molar-refractivity contribution in [3.05, 3.63) is 17.2 Å². The van der Waals surface area contributed by atoms with Crippen LogP contribution in [0.2, 0.25) is 0 Å². The Balaban J connectivity index is 2.20. The van der Waals surface area contributed by atoms with E-state index in [-0.39, 0.29) is 19.0 Å². The van der Waals surface area contributed by atoms with E-state index in [1.54, 1.807) is 13.8 Å². The Bertz CT molecular complexity index is 519. The van der Waals surface area contributed by atoms with Gasteiger partial charge in [-0.3, -0.25) is 0 Å². The quantitative estimate of drug-likeness (QED) is 0.661. The van der Waals surface area contributed by atoms with Crippen LogP contribution in [-0.4, -0.2) is 43.1 Å². The van der Waals surface area contributed by atoms with Crippen molar-refractivity contribution in [3.8, 4) is 0 Å². The molecule has 0 aliphatic heterocycles. The normalized spacial score (nSPS) is 10.5. The number of ether oxygens (including phenoxy) is 1. The lowest BCUT2D eigenvalue weighted by atomic mass is 10.3. The molecule has 2 aromatic heterocycles. The number of hydrogen-bond donors (Lipinski definition) is 0. The van der Waals surface area contributed by atoms with Crippen LogP contribution in [0.4, 0.5) is 0 Å². The van der Waals surface area contributed by atoms with Crippen molar-refractivity contribution in [3.63, 3.8) is 0 Å². The fraction of sp³-hybridized carbons (Fsp3) is 0.500. The van der Waals surface area contributed by atoms with Crippen LogP contribution in [0.1, 0.15) is 28.9 Å². The van der Waals surface area contributed by atoms with Crippen molar-refractivity contribution in [2.24, 2.45) is 0 Å². The largest absolute Gasteiger partial charge is 0.460 e. The summed E-state index contributed by atoms with van der Waals surface area (Å²) in [7, 11) is 0. The number of rotatable bonds is 4. The summed E-state index contributed by atoms with van der Waals surface area (Å²) in [4.78, 5) is 11.5. The Morgan fingerprint density at radius 1 is 1.47 bits per heavy atom. The monoisotopic (exact) mass is 238 g/mol. The van der Waals surface area contributed by atoms with E-state index < -0.39 is 5.97 Å². The van der Waals surface area contributed by atoms with Crippen LogP contribution in [0.25, 0.3) is 0 Å². The second kappa shape index (κ2) is 4.68. The Hall–Kier alpha value is -2.32. The number of carbonyl (C=O) groups excluding carboxylic acids is 1. The predicted molar refractivity (Wildman–Crippen MR) is 51.9 cm³/mol. The number of carbonyl (C=O) groups is 1. The van der Waals surface area contributed by atoms with Crippen molar-refractivity contribution in [1.82, 2.24) is 30.5 Å². The summed E-state index contributed by atoms with van der Waals surface area (Å²) in [5.41, 5.74) is 1.18. The Kier molecular flexibility index (Phi) is 3.08. The van der Waals surface area contributed by atoms with Gasteiger partial charge in [0.05, 0.1) is 13.2 Å². The summed E-state index contributed by atoms with van der Waals surface area (Å²) in [6.07, 6.45) is 0. The van der Waals surface area contributed by atoms with Crippen LogP contribution in [-0.2, 0) is 11.3 Å². The minimum Gasteiger partial charge on any atom is -0.460 e. The van der Waals surface area contributed by atoms with E-state index in [1.807, 2.05) is 0 Å². The van der Waals surface area contributed by atoms with E-state index in [0.29, 0.717) is 11.4 Å². The number of tetrazole rings is 1. The summed E-state index contributed by atoms with van der Waals surface area (Å²) in [6.45, 7) is 3.91. The van der Waals surface area contributed by atoms with E-state index in [9.17, 15) is 4.79 Å². The zero-order valence-electron chi connectivity index (χ0n) is 9.32. The van der Waals surface area contributed by atoms with Crippen LogP contribution in [0.15, 0.2) is 4.63 Å². The fourth-order valence-electron chi connectivity index (χ4n) is 1.19. The van der Waals surface area contributed by atoms with E-state index in [0.717, 1.165) is 0 Å². The predicted octanol–water partition coefficient (Wildman–Crippen LogP) is -0.410. The molecule has 0 bridgehead atoms. The molecule has 0 radical (unpaired) electrons. The molecule has 0 unspecified atom stereocenters. The molecule has 0 aromatic carbocycles. The number of aryl methyl sites for hydroxylation is 1. The Morgan fingerprint density at radius 3 is 2.94 bits per heavy atom. The van der Waals surface area contributed by atoms with Gasteiger partial charge >= 0.3 is 5.97 Å². The van der Waals surface area contributed by atoms with Gasteiger partial charge in [-0.15, -0.1) is 5.10 Å². The lowest BCUT2D eigenvalue weighted by Gasteiger charge is -2.01. The number of nitrogens with zero attached hydrogens (tertiary/aromatic N) is 6. The average Bonchev–Trinajstić information content (AvgIpc) is 2.90. The Labute approximate surface area is 95.7 Å².